The number of benzene rings is 1. The molecule has 2 rings (SSSR count). The summed E-state index contributed by atoms with van der Waals surface area (Å²) in [7, 11) is 0. The SMILES string of the molecule is C[C@@H](NCC(=O)Nc1sccc1C#N)c1ccc(F)c(F)c1. The molecule has 2 aromatic rings. The molecule has 7 heteroatoms. The maximum atomic E-state index is 13.2. The fourth-order valence-electron chi connectivity index (χ4n) is 1.81. The van der Waals surface area contributed by atoms with E-state index in [4.69, 9.17) is 5.26 Å². The van der Waals surface area contributed by atoms with Crippen molar-refractivity contribution in [1.82, 2.24) is 5.32 Å². The number of nitrogens with zero attached hydrogens (tertiary/aromatic N) is 1. The van der Waals surface area contributed by atoms with Crippen LogP contribution >= 0.6 is 11.3 Å². The molecule has 0 spiro atoms. The van der Waals surface area contributed by atoms with Crippen molar-refractivity contribution >= 4 is 22.2 Å². The molecule has 0 saturated carbocycles. The highest BCUT2D eigenvalue weighted by molar-refractivity contribution is 7.14. The lowest BCUT2D eigenvalue weighted by molar-refractivity contribution is -0.115. The molecule has 1 aromatic heterocycles. The third kappa shape index (κ3) is 3.87. The van der Waals surface area contributed by atoms with E-state index in [1.54, 1.807) is 18.4 Å². The molecule has 2 N–H and O–H groups in total. The summed E-state index contributed by atoms with van der Waals surface area (Å²) in [5, 5.41) is 16.6. The smallest absolute Gasteiger partial charge is 0.238 e. The van der Waals surface area contributed by atoms with Crippen LogP contribution in [-0.4, -0.2) is 12.5 Å². The van der Waals surface area contributed by atoms with Crippen molar-refractivity contribution in [3.63, 3.8) is 0 Å². The second-order valence-electron chi connectivity index (χ2n) is 4.60. The first-order valence-electron chi connectivity index (χ1n) is 6.47. The Morgan fingerprint density at radius 3 is 2.82 bits per heavy atom. The molecule has 1 amide bonds. The zero-order valence-corrected chi connectivity index (χ0v) is 12.5. The molecular formula is C15H13F2N3OS. The number of anilines is 1. The van der Waals surface area contributed by atoms with E-state index >= 15 is 0 Å². The van der Waals surface area contributed by atoms with Gasteiger partial charge in [-0.25, -0.2) is 8.78 Å². The van der Waals surface area contributed by atoms with E-state index in [1.807, 2.05) is 6.07 Å². The predicted molar refractivity (Wildman–Crippen MR) is 80.4 cm³/mol. The molecule has 0 aliphatic heterocycles. The van der Waals surface area contributed by atoms with Crippen molar-refractivity contribution in [2.75, 3.05) is 11.9 Å². The first kappa shape index (κ1) is 16.1. The maximum Gasteiger partial charge on any atom is 0.238 e. The van der Waals surface area contributed by atoms with Gasteiger partial charge in [0.1, 0.15) is 11.1 Å². The van der Waals surface area contributed by atoms with Crippen LogP contribution < -0.4 is 10.6 Å². The number of nitrogens with one attached hydrogen (secondary N) is 2. The van der Waals surface area contributed by atoms with E-state index in [2.05, 4.69) is 10.6 Å². The second kappa shape index (κ2) is 7.11. The summed E-state index contributed by atoms with van der Waals surface area (Å²) in [6.07, 6.45) is 0. The Hall–Kier alpha value is -2.30. The number of hydrogen-bond acceptors (Lipinski definition) is 4. The molecule has 1 heterocycles. The molecule has 114 valence electrons. The molecule has 0 aliphatic carbocycles. The average Bonchev–Trinajstić information content (AvgIpc) is 2.94. The number of halogens is 2. The third-order valence-corrected chi connectivity index (χ3v) is 3.88. The van der Waals surface area contributed by atoms with E-state index < -0.39 is 11.6 Å². The standard InChI is InChI=1S/C15H13F2N3OS/c1-9(10-2-3-12(16)13(17)6-10)19-8-14(21)20-15-11(7-18)4-5-22-15/h2-6,9,19H,8H2,1H3,(H,20,21)/t9-/m1/s1. The molecule has 1 atom stereocenters. The van der Waals surface area contributed by atoms with Crippen LogP contribution in [0.15, 0.2) is 29.6 Å². The Balaban J connectivity index is 1.90. The molecule has 0 saturated heterocycles. The number of carbonyl (C=O) groups is 1. The molecule has 0 radical (unpaired) electrons. The molecule has 22 heavy (non-hydrogen) atoms. The summed E-state index contributed by atoms with van der Waals surface area (Å²) < 4.78 is 26.0. The van der Waals surface area contributed by atoms with Crippen LogP contribution in [0.25, 0.3) is 0 Å². The summed E-state index contributed by atoms with van der Waals surface area (Å²) in [4.78, 5) is 11.8. The van der Waals surface area contributed by atoms with Crippen LogP contribution in [0, 0.1) is 23.0 Å². The Morgan fingerprint density at radius 1 is 1.36 bits per heavy atom. The zero-order chi connectivity index (χ0) is 16.1. The first-order chi connectivity index (χ1) is 10.5. The van der Waals surface area contributed by atoms with E-state index in [0.29, 0.717) is 16.1 Å². The second-order valence-corrected chi connectivity index (χ2v) is 5.52. The van der Waals surface area contributed by atoms with Crippen LogP contribution in [0.5, 0.6) is 0 Å². The molecule has 0 aliphatic rings. The summed E-state index contributed by atoms with van der Waals surface area (Å²) in [6.45, 7) is 1.73. The predicted octanol–water partition coefficient (Wildman–Crippen LogP) is 3.19. The zero-order valence-electron chi connectivity index (χ0n) is 11.7. The largest absolute Gasteiger partial charge is 0.315 e. The highest BCUT2D eigenvalue weighted by Crippen LogP contribution is 2.22. The number of nitriles is 1. The third-order valence-electron chi connectivity index (χ3n) is 3.05. The van der Waals surface area contributed by atoms with E-state index in [0.717, 1.165) is 12.1 Å². The van der Waals surface area contributed by atoms with Crippen LogP contribution in [0.1, 0.15) is 24.1 Å². The molecular weight excluding hydrogens is 308 g/mol. The highest BCUT2D eigenvalue weighted by Gasteiger charge is 2.12. The van der Waals surface area contributed by atoms with Gasteiger partial charge >= 0.3 is 0 Å². The van der Waals surface area contributed by atoms with E-state index in [-0.39, 0.29) is 18.5 Å². The van der Waals surface area contributed by atoms with E-state index in [9.17, 15) is 13.6 Å². The van der Waals surface area contributed by atoms with Crippen LogP contribution in [0.3, 0.4) is 0 Å². The van der Waals surface area contributed by atoms with Crippen molar-refractivity contribution < 1.29 is 13.6 Å². The lowest BCUT2D eigenvalue weighted by Gasteiger charge is -2.14. The minimum absolute atomic E-state index is 0.0110. The average molecular weight is 321 g/mol. The number of rotatable bonds is 5. The number of amides is 1. The molecule has 1 aromatic carbocycles. The van der Waals surface area contributed by atoms with Crippen molar-refractivity contribution in [3.8, 4) is 6.07 Å². The quantitative estimate of drug-likeness (QED) is 0.889. The Kier molecular flexibility index (Phi) is 5.20. The summed E-state index contributed by atoms with van der Waals surface area (Å²) >= 11 is 1.26. The number of thiophene rings is 1. The van der Waals surface area contributed by atoms with Crippen molar-refractivity contribution in [1.29, 1.82) is 5.26 Å². The highest BCUT2D eigenvalue weighted by atomic mass is 32.1. The normalized spacial score (nSPS) is 11.7. The molecule has 0 bridgehead atoms. The lowest BCUT2D eigenvalue weighted by atomic mass is 10.1. The molecule has 4 nitrogen and oxygen atoms in total. The minimum atomic E-state index is -0.923. The fraction of sp³-hybridized carbons (Fsp3) is 0.200. The van der Waals surface area contributed by atoms with Crippen LogP contribution in [0.2, 0.25) is 0 Å². The topological polar surface area (TPSA) is 64.9 Å². The number of hydrogen-bond donors (Lipinski definition) is 2. The van der Waals surface area contributed by atoms with Crippen molar-refractivity contribution in [2.24, 2.45) is 0 Å². The Bertz CT molecular complexity index is 724. The summed E-state index contributed by atoms with van der Waals surface area (Å²) in [5.41, 5.74) is 0.951. The van der Waals surface area contributed by atoms with Gasteiger partial charge in [0.15, 0.2) is 11.6 Å². The van der Waals surface area contributed by atoms with Gasteiger partial charge in [0, 0.05) is 6.04 Å². The van der Waals surface area contributed by atoms with Gasteiger partial charge in [-0.05, 0) is 36.1 Å². The molecule has 0 fully saturated rings. The van der Waals surface area contributed by atoms with Crippen molar-refractivity contribution in [2.45, 2.75) is 13.0 Å². The summed E-state index contributed by atoms with van der Waals surface area (Å²) in [5.74, 6) is -2.14. The van der Waals surface area contributed by atoms with Gasteiger partial charge in [0.2, 0.25) is 5.91 Å². The van der Waals surface area contributed by atoms with E-state index in [1.165, 1.54) is 17.4 Å². The Labute approximate surface area is 130 Å². The van der Waals surface area contributed by atoms with Crippen LogP contribution in [-0.2, 0) is 4.79 Å². The van der Waals surface area contributed by atoms with Gasteiger partial charge in [0.05, 0.1) is 12.1 Å². The molecule has 0 unspecified atom stereocenters. The van der Waals surface area contributed by atoms with Gasteiger partial charge in [-0.2, -0.15) is 5.26 Å². The van der Waals surface area contributed by atoms with Gasteiger partial charge in [-0.3, -0.25) is 4.79 Å². The van der Waals surface area contributed by atoms with Crippen LogP contribution in [0.4, 0.5) is 13.8 Å². The minimum Gasteiger partial charge on any atom is -0.315 e. The van der Waals surface area contributed by atoms with Crippen molar-refractivity contribution in [3.05, 3.63) is 52.4 Å². The van der Waals surface area contributed by atoms with Gasteiger partial charge in [0.25, 0.3) is 0 Å². The lowest BCUT2D eigenvalue weighted by Crippen LogP contribution is -2.30. The monoisotopic (exact) mass is 321 g/mol. The summed E-state index contributed by atoms with van der Waals surface area (Å²) in [6, 6.07) is 6.89. The fourth-order valence-corrected chi connectivity index (χ4v) is 2.56. The Morgan fingerprint density at radius 2 is 2.14 bits per heavy atom. The number of carbonyl (C=O) groups excluding carboxylic acids is 1. The van der Waals surface area contributed by atoms with Gasteiger partial charge in [-0.1, -0.05) is 6.07 Å². The van der Waals surface area contributed by atoms with Gasteiger partial charge < -0.3 is 10.6 Å². The van der Waals surface area contributed by atoms with Gasteiger partial charge in [-0.15, -0.1) is 11.3 Å². The maximum absolute atomic E-state index is 13.2. The first-order valence-corrected chi connectivity index (χ1v) is 7.35.